The number of aliphatic hydroxyl groups excluding tert-OH is 1. The number of anilines is 1. The van der Waals surface area contributed by atoms with E-state index in [1.54, 1.807) is 7.11 Å². The Morgan fingerprint density at radius 3 is 2.50 bits per heavy atom. The van der Waals surface area contributed by atoms with Gasteiger partial charge in [-0.2, -0.15) is 0 Å². The molecule has 0 radical (unpaired) electrons. The number of aliphatic hydroxyl groups is 1. The molecule has 1 aliphatic carbocycles. The fraction of sp³-hybridized carbons (Fsp3) is 0.600. The van der Waals surface area contributed by atoms with Crippen molar-refractivity contribution in [3.05, 3.63) is 24.3 Å². The summed E-state index contributed by atoms with van der Waals surface area (Å²) >= 11 is 0. The minimum atomic E-state index is 0.254. The first-order chi connectivity index (χ1) is 8.76. The van der Waals surface area contributed by atoms with Gasteiger partial charge >= 0.3 is 0 Å². The van der Waals surface area contributed by atoms with E-state index in [4.69, 9.17) is 9.84 Å². The first-order valence-electron chi connectivity index (χ1n) is 6.78. The van der Waals surface area contributed by atoms with Gasteiger partial charge in [-0.3, -0.25) is 0 Å². The van der Waals surface area contributed by atoms with Crippen molar-refractivity contribution in [3.63, 3.8) is 0 Å². The molecule has 0 spiro atoms. The lowest BCUT2D eigenvalue weighted by Crippen LogP contribution is -2.35. The third-order valence-electron chi connectivity index (χ3n) is 3.76. The summed E-state index contributed by atoms with van der Waals surface area (Å²) in [6, 6.07) is 8.77. The molecule has 1 unspecified atom stereocenters. The maximum absolute atomic E-state index is 9.03. The largest absolute Gasteiger partial charge is 0.497 e. The van der Waals surface area contributed by atoms with Crippen LogP contribution in [-0.4, -0.2) is 31.4 Å². The second-order valence-corrected chi connectivity index (χ2v) is 5.05. The Labute approximate surface area is 109 Å². The van der Waals surface area contributed by atoms with Crippen LogP contribution in [0.1, 0.15) is 26.2 Å². The highest BCUT2D eigenvalue weighted by Crippen LogP contribution is 2.37. The highest BCUT2D eigenvalue weighted by molar-refractivity contribution is 5.50. The van der Waals surface area contributed by atoms with Gasteiger partial charge in [0.1, 0.15) is 5.75 Å². The quantitative estimate of drug-likeness (QED) is 0.806. The molecule has 0 aromatic heterocycles. The van der Waals surface area contributed by atoms with Gasteiger partial charge in [0.05, 0.1) is 7.11 Å². The van der Waals surface area contributed by atoms with Gasteiger partial charge in [-0.15, -0.1) is 0 Å². The van der Waals surface area contributed by atoms with Gasteiger partial charge in [-0.25, -0.2) is 0 Å². The molecule has 1 atom stereocenters. The number of rotatable bonds is 7. The molecule has 0 saturated heterocycles. The molecule has 0 heterocycles. The number of hydrogen-bond donors (Lipinski definition) is 1. The zero-order valence-electron chi connectivity index (χ0n) is 11.3. The van der Waals surface area contributed by atoms with E-state index in [9.17, 15) is 0 Å². The van der Waals surface area contributed by atoms with Crippen LogP contribution in [0.15, 0.2) is 24.3 Å². The number of benzene rings is 1. The van der Waals surface area contributed by atoms with Crippen molar-refractivity contribution in [1.82, 2.24) is 0 Å². The summed E-state index contributed by atoms with van der Waals surface area (Å²) in [6.07, 6.45) is 3.50. The Bertz CT molecular complexity index is 359. The first-order valence-corrected chi connectivity index (χ1v) is 6.78. The summed E-state index contributed by atoms with van der Waals surface area (Å²) in [4.78, 5) is 2.41. The predicted octanol–water partition coefficient (Wildman–Crippen LogP) is 2.68. The Balaban J connectivity index is 2.09. The summed E-state index contributed by atoms with van der Waals surface area (Å²) < 4.78 is 5.19. The smallest absolute Gasteiger partial charge is 0.119 e. The molecule has 100 valence electrons. The molecule has 1 aliphatic rings. The normalized spacial score (nSPS) is 16.4. The van der Waals surface area contributed by atoms with E-state index in [1.165, 1.54) is 18.5 Å². The number of methoxy groups -OCH3 is 1. The van der Waals surface area contributed by atoms with Gasteiger partial charge in [0.15, 0.2) is 0 Å². The first kappa shape index (κ1) is 13.2. The predicted molar refractivity (Wildman–Crippen MR) is 74.2 cm³/mol. The molecule has 1 aromatic rings. The topological polar surface area (TPSA) is 32.7 Å². The summed E-state index contributed by atoms with van der Waals surface area (Å²) in [5, 5.41) is 9.03. The van der Waals surface area contributed by atoms with Crippen LogP contribution >= 0.6 is 0 Å². The van der Waals surface area contributed by atoms with Gasteiger partial charge in [0.25, 0.3) is 0 Å². The molecule has 1 aromatic carbocycles. The molecule has 1 N–H and O–H groups in total. The van der Waals surface area contributed by atoms with E-state index in [2.05, 4.69) is 24.0 Å². The second kappa shape index (κ2) is 6.10. The van der Waals surface area contributed by atoms with Crippen molar-refractivity contribution in [3.8, 4) is 5.75 Å². The lowest BCUT2D eigenvalue weighted by atomic mass is 10.1. The maximum Gasteiger partial charge on any atom is 0.119 e. The van der Waals surface area contributed by atoms with Gasteiger partial charge < -0.3 is 14.7 Å². The summed E-state index contributed by atoms with van der Waals surface area (Å²) in [5.41, 5.74) is 1.23. The molecule has 1 fully saturated rings. The van der Waals surface area contributed by atoms with Crippen LogP contribution in [0, 0.1) is 5.92 Å². The van der Waals surface area contributed by atoms with Crippen molar-refractivity contribution in [2.75, 3.05) is 25.2 Å². The van der Waals surface area contributed by atoms with Crippen LogP contribution in [-0.2, 0) is 0 Å². The van der Waals surface area contributed by atoms with Crippen molar-refractivity contribution in [2.24, 2.45) is 5.92 Å². The van der Waals surface area contributed by atoms with E-state index >= 15 is 0 Å². The zero-order chi connectivity index (χ0) is 13.0. The second-order valence-electron chi connectivity index (χ2n) is 5.05. The Kier molecular flexibility index (Phi) is 4.48. The SMILES string of the molecule is COc1ccc(N(CCCO)C(C)C2CC2)cc1. The minimum absolute atomic E-state index is 0.254. The average Bonchev–Trinajstić information content (AvgIpc) is 3.24. The van der Waals surface area contributed by atoms with E-state index in [0.29, 0.717) is 6.04 Å². The number of nitrogens with zero attached hydrogens (tertiary/aromatic N) is 1. The van der Waals surface area contributed by atoms with Gasteiger partial charge in [0, 0.05) is 24.9 Å². The van der Waals surface area contributed by atoms with Crippen LogP contribution in [0.4, 0.5) is 5.69 Å². The monoisotopic (exact) mass is 249 g/mol. The van der Waals surface area contributed by atoms with Crippen LogP contribution in [0.25, 0.3) is 0 Å². The van der Waals surface area contributed by atoms with Crippen molar-refractivity contribution in [1.29, 1.82) is 0 Å². The Hall–Kier alpha value is -1.22. The van der Waals surface area contributed by atoms with E-state index in [0.717, 1.165) is 24.6 Å². The summed E-state index contributed by atoms with van der Waals surface area (Å²) in [6.45, 7) is 3.46. The molecule has 3 nitrogen and oxygen atoms in total. The maximum atomic E-state index is 9.03. The van der Waals surface area contributed by atoms with Crippen molar-refractivity contribution < 1.29 is 9.84 Å². The van der Waals surface area contributed by atoms with Crippen LogP contribution in [0.2, 0.25) is 0 Å². The van der Waals surface area contributed by atoms with Crippen LogP contribution < -0.4 is 9.64 Å². The molecule has 0 amide bonds. The van der Waals surface area contributed by atoms with Crippen molar-refractivity contribution >= 4 is 5.69 Å². The van der Waals surface area contributed by atoms with Crippen molar-refractivity contribution in [2.45, 2.75) is 32.2 Å². The van der Waals surface area contributed by atoms with Crippen LogP contribution in [0.5, 0.6) is 5.75 Å². The Morgan fingerprint density at radius 1 is 1.33 bits per heavy atom. The molecular formula is C15H23NO2. The van der Waals surface area contributed by atoms with E-state index in [1.807, 2.05) is 12.1 Å². The molecule has 0 aliphatic heterocycles. The standard InChI is InChI=1S/C15H23NO2/c1-12(13-4-5-13)16(10-3-11-17)14-6-8-15(18-2)9-7-14/h6-9,12-13,17H,3-5,10-11H2,1-2H3. The average molecular weight is 249 g/mol. The highest BCUT2D eigenvalue weighted by Gasteiger charge is 2.31. The third-order valence-corrected chi connectivity index (χ3v) is 3.76. The number of ether oxygens (including phenoxy) is 1. The Morgan fingerprint density at radius 2 is 2.00 bits per heavy atom. The van der Waals surface area contributed by atoms with Gasteiger partial charge in [-0.1, -0.05) is 0 Å². The fourth-order valence-corrected chi connectivity index (χ4v) is 2.42. The molecule has 1 saturated carbocycles. The van der Waals surface area contributed by atoms with Gasteiger partial charge in [0.2, 0.25) is 0 Å². The van der Waals surface area contributed by atoms with Crippen LogP contribution in [0.3, 0.4) is 0 Å². The fourth-order valence-electron chi connectivity index (χ4n) is 2.42. The highest BCUT2D eigenvalue weighted by atomic mass is 16.5. The van der Waals surface area contributed by atoms with E-state index < -0.39 is 0 Å². The summed E-state index contributed by atoms with van der Waals surface area (Å²) in [7, 11) is 1.69. The third kappa shape index (κ3) is 3.16. The molecule has 18 heavy (non-hydrogen) atoms. The van der Waals surface area contributed by atoms with Gasteiger partial charge in [-0.05, 0) is 56.4 Å². The molecule has 3 heteroatoms. The van der Waals surface area contributed by atoms with E-state index in [-0.39, 0.29) is 6.61 Å². The molecule has 0 bridgehead atoms. The zero-order valence-corrected chi connectivity index (χ0v) is 11.3. The number of hydrogen-bond acceptors (Lipinski definition) is 3. The molecular weight excluding hydrogens is 226 g/mol. The lowest BCUT2D eigenvalue weighted by Gasteiger charge is -2.31. The minimum Gasteiger partial charge on any atom is -0.497 e. The molecule has 2 rings (SSSR count). The lowest BCUT2D eigenvalue weighted by molar-refractivity contribution is 0.287. The summed E-state index contributed by atoms with van der Waals surface area (Å²) in [5.74, 6) is 1.71.